The van der Waals surface area contributed by atoms with Crippen LogP contribution in [-0.2, 0) is 4.79 Å². The van der Waals surface area contributed by atoms with Crippen molar-refractivity contribution in [3.05, 3.63) is 76.8 Å². The first-order chi connectivity index (χ1) is 17.2. The number of amidine groups is 1. The number of hydrogen-bond acceptors (Lipinski definition) is 5. The average Bonchev–Trinajstić information content (AvgIpc) is 3.58. The predicted molar refractivity (Wildman–Crippen MR) is 143 cm³/mol. The van der Waals surface area contributed by atoms with Crippen molar-refractivity contribution in [1.82, 2.24) is 10.3 Å². The van der Waals surface area contributed by atoms with Gasteiger partial charge in [0.05, 0.1) is 23.1 Å². The van der Waals surface area contributed by atoms with E-state index in [2.05, 4.69) is 40.6 Å². The molecule has 2 aliphatic carbocycles. The summed E-state index contributed by atoms with van der Waals surface area (Å²) in [4.78, 5) is 22.6. The summed E-state index contributed by atoms with van der Waals surface area (Å²) in [5.74, 6) is 1.87. The molecule has 1 amide bonds. The third-order valence-electron chi connectivity index (χ3n) is 7.14. The van der Waals surface area contributed by atoms with Gasteiger partial charge < -0.3 is 10.1 Å². The molecule has 5 nitrogen and oxygen atoms in total. The van der Waals surface area contributed by atoms with E-state index in [4.69, 9.17) is 9.73 Å². The first-order valence-electron chi connectivity index (χ1n) is 12.6. The molecule has 6 rings (SSSR count). The van der Waals surface area contributed by atoms with Crippen LogP contribution in [0, 0.1) is 5.92 Å². The van der Waals surface area contributed by atoms with Crippen molar-refractivity contribution in [2.75, 3.05) is 6.61 Å². The summed E-state index contributed by atoms with van der Waals surface area (Å²) in [6.45, 7) is 0.758. The lowest BCUT2D eigenvalue weighted by molar-refractivity contribution is -0.115. The molecule has 3 aromatic rings. The Bertz CT molecular complexity index is 1300. The van der Waals surface area contributed by atoms with Crippen molar-refractivity contribution in [2.45, 2.75) is 50.5 Å². The molecule has 35 heavy (non-hydrogen) atoms. The number of aliphatic imine (C=N–C) groups is 1. The van der Waals surface area contributed by atoms with Gasteiger partial charge in [-0.1, -0.05) is 55.7 Å². The van der Waals surface area contributed by atoms with Gasteiger partial charge in [0, 0.05) is 17.5 Å². The van der Waals surface area contributed by atoms with Crippen LogP contribution in [-0.4, -0.2) is 28.7 Å². The minimum Gasteiger partial charge on any atom is -0.493 e. The third kappa shape index (κ3) is 5.13. The molecule has 0 bridgehead atoms. The zero-order valence-electron chi connectivity index (χ0n) is 19.7. The molecule has 6 heteroatoms. The monoisotopic (exact) mass is 483 g/mol. The summed E-state index contributed by atoms with van der Waals surface area (Å²) in [5.41, 5.74) is 3.18. The number of thioether (sulfide) groups is 1. The Morgan fingerprint density at radius 1 is 1.09 bits per heavy atom. The molecule has 1 saturated heterocycles. The van der Waals surface area contributed by atoms with E-state index < -0.39 is 0 Å². The zero-order valence-corrected chi connectivity index (χ0v) is 20.5. The van der Waals surface area contributed by atoms with Gasteiger partial charge >= 0.3 is 0 Å². The second-order valence-electron chi connectivity index (χ2n) is 9.72. The maximum Gasteiger partial charge on any atom is 0.264 e. The molecule has 178 valence electrons. The highest BCUT2D eigenvalue weighted by Crippen LogP contribution is 2.44. The summed E-state index contributed by atoms with van der Waals surface area (Å²) in [6, 6.07) is 18.7. The fourth-order valence-electron chi connectivity index (χ4n) is 5.09. The number of aromatic nitrogens is 1. The third-order valence-corrected chi connectivity index (χ3v) is 8.07. The molecule has 2 aromatic carbocycles. The molecule has 2 saturated carbocycles. The topological polar surface area (TPSA) is 63.6 Å². The van der Waals surface area contributed by atoms with Crippen LogP contribution in [0.15, 0.2) is 70.7 Å². The lowest BCUT2D eigenvalue weighted by Crippen LogP contribution is -2.20. The molecule has 3 fully saturated rings. The Morgan fingerprint density at radius 2 is 1.94 bits per heavy atom. The first-order valence-corrected chi connectivity index (χ1v) is 13.4. The number of nitrogens with zero attached hydrogens (tertiary/aromatic N) is 2. The average molecular weight is 484 g/mol. The molecule has 1 aliphatic heterocycles. The molecule has 0 unspecified atom stereocenters. The van der Waals surface area contributed by atoms with Gasteiger partial charge in [0.25, 0.3) is 5.91 Å². The number of rotatable bonds is 6. The lowest BCUT2D eigenvalue weighted by atomic mass is 9.90. The smallest absolute Gasteiger partial charge is 0.264 e. The van der Waals surface area contributed by atoms with Gasteiger partial charge in [0.1, 0.15) is 5.75 Å². The number of fused-ring (bicyclic) bond motifs is 1. The van der Waals surface area contributed by atoms with Gasteiger partial charge in [-0.15, -0.1) is 0 Å². The Morgan fingerprint density at radius 3 is 2.80 bits per heavy atom. The first kappa shape index (κ1) is 22.4. The molecule has 0 spiro atoms. The maximum absolute atomic E-state index is 12.6. The van der Waals surface area contributed by atoms with E-state index >= 15 is 0 Å². The molecule has 3 aliphatic rings. The summed E-state index contributed by atoms with van der Waals surface area (Å²) in [7, 11) is 0. The number of carbonyl (C=O) groups excluding carboxylic acids is 1. The minimum absolute atomic E-state index is 0.0919. The minimum atomic E-state index is -0.0919. The van der Waals surface area contributed by atoms with Crippen LogP contribution >= 0.6 is 11.8 Å². The molecule has 1 N–H and O–H groups in total. The summed E-state index contributed by atoms with van der Waals surface area (Å²) < 4.78 is 6.25. The molecule has 2 atom stereocenters. The standard InChI is InChI=1S/C29H29N3O2S/c33-28-27(35-29(32-28)31-25-17-22(25)21-9-5-2-6-10-21)16-20-11-12-24-23(15-20)26(13-14-30-24)34-18-19-7-3-1-4-8-19/h2,5-6,9-16,19,22,25H,1,3-4,7-8,17-18H2,(H,31,32,33)/b27-16-/t22-,25+/m0/s1. The van der Waals surface area contributed by atoms with E-state index in [-0.39, 0.29) is 11.9 Å². The van der Waals surface area contributed by atoms with Crippen molar-refractivity contribution in [2.24, 2.45) is 10.9 Å². The number of nitrogens with one attached hydrogen (secondary N) is 1. The van der Waals surface area contributed by atoms with Crippen molar-refractivity contribution in [1.29, 1.82) is 0 Å². The number of hydrogen-bond donors (Lipinski definition) is 1. The number of pyridine rings is 1. The van der Waals surface area contributed by atoms with Gasteiger partial charge in [0.2, 0.25) is 0 Å². The summed E-state index contributed by atoms with van der Waals surface area (Å²) in [5, 5.41) is 4.62. The van der Waals surface area contributed by atoms with Crippen LogP contribution in [0.3, 0.4) is 0 Å². The zero-order chi connectivity index (χ0) is 23.6. The Labute approximate surface area is 210 Å². The van der Waals surface area contributed by atoms with Crippen molar-refractivity contribution in [3.63, 3.8) is 0 Å². The van der Waals surface area contributed by atoms with Gasteiger partial charge in [-0.25, -0.2) is 0 Å². The van der Waals surface area contributed by atoms with Crippen molar-refractivity contribution >= 4 is 39.8 Å². The summed E-state index contributed by atoms with van der Waals surface area (Å²) >= 11 is 1.42. The number of amides is 1. The van der Waals surface area contributed by atoms with Crippen LogP contribution in [0.2, 0.25) is 0 Å². The largest absolute Gasteiger partial charge is 0.493 e. The van der Waals surface area contributed by atoms with E-state index in [0.717, 1.165) is 35.2 Å². The molecule has 1 aromatic heterocycles. The molecule has 2 heterocycles. The summed E-state index contributed by atoms with van der Waals surface area (Å²) in [6.07, 6.45) is 11.2. The molecular formula is C29H29N3O2S. The van der Waals surface area contributed by atoms with E-state index in [1.807, 2.05) is 30.3 Å². The van der Waals surface area contributed by atoms with Crippen LogP contribution in [0.4, 0.5) is 0 Å². The van der Waals surface area contributed by atoms with Gasteiger partial charge in [-0.3, -0.25) is 14.8 Å². The Kier molecular flexibility index (Phi) is 6.30. The second-order valence-corrected chi connectivity index (χ2v) is 10.8. The van der Waals surface area contributed by atoms with Crippen LogP contribution in [0.1, 0.15) is 55.6 Å². The fraction of sp³-hybridized carbons (Fsp3) is 0.345. The Hall–Kier alpha value is -3.12. The van der Waals surface area contributed by atoms with Gasteiger partial charge in [-0.05, 0) is 72.3 Å². The molecule has 0 radical (unpaired) electrons. The highest BCUT2D eigenvalue weighted by Gasteiger charge is 2.39. The normalized spacial score (nSPS) is 24.7. The van der Waals surface area contributed by atoms with Gasteiger partial charge in [-0.2, -0.15) is 0 Å². The highest BCUT2D eigenvalue weighted by molar-refractivity contribution is 8.18. The highest BCUT2D eigenvalue weighted by atomic mass is 32.2. The van der Waals surface area contributed by atoms with E-state index in [9.17, 15) is 4.79 Å². The SMILES string of the molecule is O=C1NC(=N[C@@H]2C[C@H]2c2ccccc2)S/C1=C\c1ccc2nccc(OCC3CCCCC3)c2c1. The van der Waals surface area contributed by atoms with Crippen LogP contribution in [0.5, 0.6) is 5.75 Å². The van der Waals surface area contributed by atoms with Crippen molar-refractivity contribution < 1.29 is 9.53 Å². The fourth-order valence-corrected chi connectivity index (χ4v) is 5.97. The van der Waals surface area contributed by atoms with Crippen LogP contribution in [0.25, 0.3) is 17.0 Å². The predicted octanol–water partition coefficient (Wildman–Crippen LogP) is 6.31. The second kappa shape index (κ2) is 9.86. The van der Waals surface area contributed by atoms with Gasteiger partial charge in [0.15, 0.2) is 5.17 Å². The number of ether oxygens (including phenoxy) is 1. The lowest BCUT2D eigenvalue weighted by Gasteiger charge is -2.22. The maximum atomic E-state index is 12.6. The quantitative estimate of drug-likeness (QED) is 0.417. The Balaban J connectivity index is 1.17. The van der Waals surface area contributed by atoms with E-state index in [1.165, 1.54) is 49.4 Å². The van der Waals surface area contributed by atoms with E-state index in [1.54, 1.807) is 6.20 Å². The van der Waals surface area contributed by atoms with E-state index in [0.29, 0.717) is 21.9 Å². The van der Waals surface area contributed by atoms with Crippen LogP contribution < -0.4 is 10.1 Å². The van der Waals surface area contributed by atoms with Crippen molar-refractivity contribution in [3.8, 4) is 5.75 Å². The number of benzene rings is 2. The number of carbonyl (C=O) groups is 1. The molecular weight excluding hydrogens is 454 g/mol.